The van der Waals surface area contributed by atoms with Gasteiger partial charge >= 0.3 is 11.9 Å². The molecular formula is C32H39NO6. The summed E-state index contributed by atoms with van der Waals surface area (Å²) in [6.45, 7) is 15.8. The molecule has 2 aromatic rings. The summed E-state index contributed by atoms with van der Waals surface area (Å²) in [6.07, 6.45) is 0.637. The zero-order valence-electron chi connectivity index (χ0n) is 23.8. The Morgan fingerprint density at radius 3 is 2.03 bits per heavy atom. The van der Waals surface area contributed by atoms with E-state index in [2.05, 4.69) is 6.58 Å². The lowest BCUT2D eigenvalue weighted by atomic mass is 9.67. The van der Waals surface area contributed by atoms with Crippen LogP contribution in [-0.2, 0) is 40.7 Å². The lowest BCUT2D eigenvalue weighted by molar-refractivity contribution is -0.193. The molecule has 0 saturated carbocycles. The second-order valence-electron chi connectivity index (χ2n) is 12.9. The van der Waals surface area contributed by atoms with Crippen molar-refractivity contribution in [3.05, 3.63) is 78.4 Å². The SMILES string of the molecule is C=CC1CC(C(=O)OCC(C)(C)C)(C(=O)OCC(C)(C)C)C2(O1)C(=O)N(Cc1ccccc1)c1ccccc12. The number of hydrogen-bond acceptors (Lipinski definition) is 6. The Kier molecular flexibility index (Phi) is 7.52. The number of hydrogen-bond donors (Lipinski definition) is 0. The van der Waals surface area contributed by atoms with Crippen molar-refractivity contribution < 1.29 is 28.6 Å². The van der Waals surface area contributed by atoms with Crippen LogP contribution in [0, 0.1) is 16.2 Å². The van der Waals surface area contributed by atoms with Gasteiger partial charge in [-0.1, -0.05) is 96.1 Å². The maximum absolute atomic E-state index is 14.6. The first-order valence-electron chi connectivity index (χ1n) is 13.4. The number of rotatable bonds is 7. The van der Waals surface area contributed by atoms with Crippen molar-refractivity contribution in [3.8, 4) is 0 Å². The lowest BCUT2D eigenvalue weighted by Crippen LogP contribution is -2.59. The Morgan fingerprint density at radius 1 is 0.949 bits per heavy atom. The van der Waals surface area contributed by atoms with Crippen LogP contribution < -0.4 is 4.90 Å². The fourth-order valence-corrected chi connectivity index (χ4v) is 5.16. The fraction of sp³-hybridized carbons (Fsp3) is 0.469. The van der Waals surface area contributed by atoms with E-state index in [4.69, 9.17) is 14.2 Å². The van der Waals surface area contributed by atoms with Gasteiger partial charge in [-0.15, -0.1) is 6.58 Å². The number of amides is 1. The minimum atomic E-state index is -2.07. The Hall–Kier alpha value is -3.45. The summed E-state index contributed by atoms with van der Waals surface area (Å²) in [7, 11) is 0. The molecule has 2 aliphatic heterocycles. The van der Waals surface area contributed by atoms with Gasteiger partial charge in [0.1, 0.15) is 0 Å². The van der Waals surface area contributed by atoms with E-state index < -0.39 is 35.0 Å². The van der Waals surface area contributed by atoms with Gasteiger partial charge in [-0.2, -0.15) is 0 Å². The highest BCUT2D eigenvalue weighted by atomic mass is 16.6. The third kappa shape index (κ3) is 5.12. The van der Waals surface area contributed by atoms with Crippen LogP contribution in [0.5, 0.6) is 0 Å². The van der Waals surface area contributed by atoms with E-state index in [9.17, 15) is 14.4 Å². The van der Waals surface area contributed by atoms with Crippen molar-refractivity contribution in [1.82, 2.24) is 0 Å². The van der Waals surface area contributed by atoms with Crippen LogP contribution in [0.1, 0.15) is 59.1 Å². The molecule has 1 saturated heterocycles. The van der Waals surface area contributed by atoms with Crippen molar-refractivity contribution in [2.45, 2.75) is 66.2 Å². The molecule has 1 fully saturated rings. The summed E-state index contributed by atoms with van der Waals surface area (Å²) in [5.74, 6) is -2.16. The van der Waals surface area contributed by atoms with E-state index in [0.717, 1.165) is 5.56 Å². The fourth-order valence-electron chi connectivity index (χ4n) is 5.16. The predicted molar refractivity (Wildman–Crippen MR) is 149 cm³/mol. The minimum Gasteiger partial charge on any atom is -0.464 e. The highest BCUT2D eigenvalue weighted by Gasteiger charge is 2.77. The molecule has 208 valence electrons. The molecule has 0 radical (unpaired) electrons. The largest absolute Gasteiger partial charge is 0.464 e. The Labute approximate surface area is 231 Å². The second kappa shape index (κ2) is 10.3. The molecule has 0 aliphatic carbocycles. The summed E-state index contributed by atoms with van der Waals surface area (Å²) in [5.41, 5.74) is -2.86. The Balaban J connectivity index is 1.91. The maximum atomic E-state index is 14.6. The third-order valence-electron chi connectivity index (χ3n) is 6.97. The van der Waals surface area contributed by atoms with Crippen LogP contribution >= 0.6 is 0 Å². The number of nitrogens with zero attached hydrogens (tertiary/aromatic N) is 1. The number of benzene rings is 2. The standard InChI is InChI=1S/C32H39NO6/c1-8-23-18-31(27(35)37-20-29(2,3)4,28(36)38-21-30(5,6)7)32(39-23)24-16-12-13-17-25(24)33(26(32)34)19-22-14-10-9-11-15-22/h8-17,23H,1,18-21H2,2-7H3. The maximum Gasteiger partial charge on any atom is 0.327 e. The molecule has 2 aromatic carbocycles. The third-order valence-corrected chi connectivity index (χ3v) is 6.97. The molecule has 2 atom stereocenters. The zero-order valence-corrected chi connectivity index (χ0v) is 23.8. The summed E-state index contributed by atoms with van der Waals surface area (Å²) in [6, 6.07) is 16.7. The van der Waals surface area contributed by atoms with Crippen LogP contribution in [0.2, 0.25) is 0 Å². The number of ether oxygens (including phenoxy) is 3. The molecule has 0 N–H and O–H groups in total. The van der Waals surface area contributed by atoms with Gasteiger partial charge in [0.15, 0.2) is 0 Å². The van der Waals surface area contributed by atoms with Crippen molar-refractivity contribution in [1.29, 1.82) is 0 Å². The van der Waals surface area contributed by atoms with E-state index in [0.29, 0.717) is 11.3 Å². The van der Waals surface area contributed by atoms with E-state index in [1.54, 1.807) is 23.1 Å². The second-order valence-corrected chi connectivity index (χ2v) is 12.9. The molecule has 1 amide bonds. The van der Waals surface area contributed by atoms with E-state index in [1.807, 2.05) is 77.9 Å². The van der Waals surface area contributed by atoms with Gasteiger partial charge in [-0.25, -0.2) is 0 Å². The van der Waals surface area contributed by atoms with Gasteiger partial charge in [0.2, 0.25) is 11.0 Å². The van der Waals surface area contributed by atoms with E-state index in [-0.39, 0.29) is 37.0 Å². The molecule has 7 nitrogen and oxygen atoms in total. The minimum absolute atomic E-state index is 0.0541. The topological polar surface area (TPSA) is 82.1 Å². The molecule has 0 bridgehead atoms. The zero-order chi connectivity index (χ0) is 28.6. The summed E-state index contributed by atoms with van der Waals surface area (Å²) in [5, 5.41) is 0. The van der Waals surface area contributed by atoms with Gasteiger partial charge < -0.3 is 19.1 Å². The van der Waals surface area contributed by atoms with Crippen molar-refractivity contribution in [2.24, 2.45) is 16.2 Å². The molecule has 39 heavy (non-hydrogen) atoms. The number of esters is 2. The molecule has 0 aromatic heterocycles. The van der Waals surface area contributed by atoms with Crippen LogP contribution in [-0.4, -0.2) is 37.2 Å². The molecule has 7 heteroatoms. The van der Waals surface area contributed by atoms with Gasteiger partial charge in [-0.05, 0) is 22.5 Å². The smallest absolute Gasteiger partial charge is 0.327 e. The summed E-state index contributed by atoms with van der Waals surface area (Å²) in [4.78, 5) is 44.6. The van der Waals surface area contributed by atoms with Gasteiger partial charge in [0, 0.05) is 12.0 Å². The first kappa shape index (κ1) is 28.6. The Bertz CT molecular complexity index is 1230. The molecule has 2 aliphatic rings. The highest BCUT2D eigenvalue weighted by molar-refractivity contribution is 6.16. The quantitative estimate of drug-likeness (QED) is 0.263. The van der Waals surface area contributed by atoms with Crippen LogP contribution in [0.3, 0.4) is 0 Å². The average molecular weight is 534 g/mol. The number of carbonyl (C=O) groups excluding carboxylic acids is 3. The number of fused-ring (bicyclic) bond motifs is 2. The average Bonchev–Trinajstić information content (AvgIpc) is 3.36. The molecule has 2 heterocycles. The molecule has 1 spiro atoms. The first-order valence-corrected chi connectivity index (χ1v) is 13.4. The molecule has 4 rings (SSSR count). The Morgan fingerprint density at radius 2 is 1.49 bits per heavy atom. The van der Waals surface area contributed by atoms with E-state index in [1.165, 1.54) is 6.08 Å². The number of anilines is 1. The van der Waals surface area contributed by atoms with Crippen molar-refractivity contribution >= 4 is 23.5 Å². The van der Waals surface area contributed by atoms with Crippen molar-refractivity contribution in [2.75, 3.05) is 18.1 Å². The van der Waals surface area contributed by atoms with E-state index >= 15 is 0 Å². The van der Waals surface area contributed by atoms with Crippen molar-refractivity contribution in [3.63, 3.8) is 0 Å². The van der Waals surface area contributed by atoms with Crippen LogP contribution in [0.25, 0.3) is 0 Å². The normalized spacial score (nSPS) is 22.1. The first-order chi connectivity index (χ1) is 18.2. The number of carbonyl (C=O) groups is 3. The van der Waals surface area contributed by atoms with Gasteiger partial charge in [-0.3, -0.25) is 14.4 Å². The predicted octanol–water partition coefficient (Wildman–Crippen LogP) is 5.57. The van der Waals surface area contributed by atoms with Gasteiger partial charge in [0.25, 0.3) is 5.91 Å². The van der Waals surface area contributed by atoms with Crippen LogP contribution in [0.4, 0.5) is 5.69 Å². The molecular weight excluding hydrogens is 494 g/mol. The lowest BCUT2D eigenvalue weighted by Gasteiger charge is -2.38. The van der Waals surface area contributed by atoms with Gasteiger partial charge in [0.05, 0.1) is 31.5 Å². The number of para-hydroxylation sites is 1. The summed E-state index contributed by atoms with van der Waals surface area (Å²) < 4.78 is 18.1. The summed E-state index contributed by atoms with van der Waals surface area (Å²) >= 11 is 0. The molecule has 2 unspecified atom stereocenters. The monoisotopic (exact) mass is 533 g/mol. The highest BCUT2D eigenvalue weighted by Crippen LogP contribution is 2.61. The van der Waals surface area contributed by atoms with Crippen LogP contribution in [0.15, 0.2) is 67.3 Å².